The van der Waals surface area contributed by atoms with Crippen molar-refractivity contribution in [1.82, 2.24) is 0 Å². The first-order valence-corrected chi connectivity index (χ1v) is 12.1. The molecule has 0 fully saturated rings. The number of hydrogen-bond donors (Lipinski definition) is 1. The van der Waals surface area contributed by atoms with E-state index in [1.165, 1.54) is 70.0 Å². The van der Waals surface area contributed by atoms with Gasteiger partial charge in [-0.25, -0.2) is 0 Å². The maximum atomic E-state index is 10.6. The summed E-state index contributed by atoms with van der Waals surface area (Å²) < 4.78 is 29.9. The predicted octanol–water partition coefficient (Wildman–Crippen LogP) is 4.26. The van der Waals surface area contributed by atoms with Crippen molar-refractivity contribution < 1.29 is 18.4 Å². The molecule has 136 valence electrons. The molecule has 0 aliphatic heterocycles. The monoisotopic (exact) mass is 356 g/mol. The molecule has 0 aromatic carbocycles. The number of hydrogen-bond acceptors (Lipinski definition) is 3. The van der Waals surface area contributed by atoms with Crippen molar-refractivity contribution in [3.63, 3.8) is 0 Å². The molecule has 0 saturated heterocycles. The predicted molar refractivity (Wildman–Crippen MR) is 97.8 cm³/mol. The first kappa shape index (κ1) is 24.5. The van der Waals surface area contributed by atoms with Gasteiger partial charge in [0.25, 0.3) is 10.1 Å². The highest BCUT2D eigenvalue weighted by Gasteiger charge is 2.13. The average molecular weight is 357 g/mol. The molecule has 0 aliphatic carbocycles. The molecule has 4 nitrogen and oxygen atoms in total. The molecule has 0 bridgehead atoms. The van der Waals surface area contributed by atoms with Crippen LogP contribution in [-0.4, -0.2) is 42.0 Å². The van der Waals surface area contributed by atoms with Gasteiger partial charge in [0.15, 0.2) is 0 Å². The Hall–Kier alpha value is 0.220. The van der Waals surface area contributed by atoms with E-state index in [0.29, 0.717) is 17.3 Å². The molecule has 0 radical (unpaired) electrons. The Bertz CT molecular complexity index is 318. The van der Waals surface area contributed by atoms with E-state index in [1.54, 1.807) is 0 Å². The highest BCUT2D eigenvalue weighted by Crippen LogP contribution is 2.11. The van der Waals surface area contributed by atoms with E-state index >= 15 is 0 Å². The van der Waals surface area contributed by atoms with Gasteiger partial charge < -0.3 is 5.48 Å². The molecule has 0 saturated carbocycles. The molecule has 0 spiro atoms. The minimum absolute atomic E-state index is 0. The highest BCUT2D eigenvalue weighted by atomic mass is 32.2. The summed E-state index contributed by atoms with van der Waals surface area (Å²) in [6, 6.07) is 0. The van der Waals surface area contributed by atoms with Gasteiger partial charge in [-0.05, 0) is 23.7 Å². The van der Waals surface area contributed by atoms with Crippen molar-refractivity contribution in [2.75, 3.05) is 23.5 Å². The Balaban J connectivity index is 0. The molecule has 0 aliphatic rings. The molecule has 1 atom stereocenters. The summed E-state index contributed by atoms with van der Waals surface area (Å²) in [6.45, 7) is 2.25. The Morgan fingerprint density at radius 1 is 0.773 bits per heavy atom. The molecule has 22 heavy (non-hydrogen) atoms. The summed E-state index contributed by atoms with van der Waals surface area (Å²) in [5, 5.41) is 0. The van der Waals surface area contributed by atoms with Crippen LogP contribution in [0.25, 0.3) is 0 Å². The SMILES string of the molecule is CCCCCCCCCCCC[S+](C)CCCS(=O)(=O)O.[OH-]. The van der Waals surface area contributed by atoms with Crippen LogP contribution >= 0.6 is 0 Å². The van der Waals surface area contributed by atoms with Crippen LogP contribution in [0, 0.1) is 0 Å². The Morgan fingerprint density at radius 3 is 1.64 bits per heavy atom. The fourth-order valence-corrected chi connectivity index (χ4v) is 4.66. The molecule has 1 unspecified atom stereocenters. The summed E-state index contributed by atoms with van der Waals surface area (Å²) in [6.07, 6.45) is 16.4. The summed E-state index contributed by atoms with van der Waals surface area (Å²) in [5.41, 5.74) is 0. The van der Waals surface area contributed by atoms with Crippen molar-refractivity contribution in [3.05, 3.63) is 0 Å². The van der Waals surface area contributed by atoms with Crippen molar-refractivity contribution in [3.8, 4) is 0 Å². The first-order valence-electron chi connectivity index (χ1n) is 8.50. The second-order valence-corrected chi connectivity index (χ2v) is 9.96. The summed E-state index contributed by atoms with van der Waals surface area (Å²) in [5.74, 6) is 2.06. The standard InChI is InChI=1S/C16H34O3S2.H2O/c1-3-4-5-6-7-8-9-10-11-12-14-20(2)15-13-16-21(17,18)19;/h3-16H2,1-2H3;1H2. The molecule has 0 rings (SSSR count). The minimum atomic E-state index is -3.76. The minimum Gasteiger partial charge on any atom is -0.870 e. The Kier molecular flexibility index (Phi) is 17.9. The van der Waals surface area contributed by atoms with Gasteiger partial charge in [-0.3, -0.25) is 4.55 Å². The summed E-state index contributed by atoms with van der Waals surface area (Å²) in [4.78, 5) is 0. The van der Waals surface area contributed by atoms with Crippen LogP contribution in [0.5, 0.6) is 0 Å². The van der Waals surface area contributed by atoms with E-state index in [-0.39, 0.29) is 11.2 Å². The molecular weight excluding hydrogens is 320 g/mol. The second kappa shape index (κ2) is 16.1. The van der Waals surface area contributed by atoms with Crippen LogP contribution in [0.1, 0.15) is 77.6 Å². The van der Waals surface area contributed by atoms with Gasteiger partial charge in [0.1, 0.15) is 11.5 Å². The third-order valence-corrected chi connectivity index (χ3v) is 6.52. The van der Waals surface area contributed by atoms with Gasteiger partial charge in [-0.1, -0.05) is 58.3 Å². The smallest absolute Gasteiger partial charge is 0.265 e. The largest absolute Gasteiger partial charge is 0.870 e. The fraction of sp³-hybridized carbons (Fsp3) is 1.00. The fourth-order valence-electron chi connectivity index (χ4n) is 2.43. The van der Waals surface area contributed by atoms with E-state index in [9.17, 15) is 8.42 Å². The van der Waals surface area contributed by atoms with E-state index in [0.717, 1.165) is 5.75 Å². The van der Waals surface area contributed by atoms with Crippen molar-refractivity contribution in [2.45, 2.75) is 77.6 Å². The van der Waals surface area contributed by atoms with Crippen LogP contribution in [0.2, 0.25) is 0 Å². The van der Waals surface area contributed by atoms with E-state index in [2.05, 4.69) is 13.2 Å². The quantitative estimate of drug-likeness (QED) is 0.270. The Labute approximate surface area is 140 Å². The van der Waals surface area contributed by atoms with E-state index in [4.69, 9.17) is 4.55 Å². The zero-order valence-corrected chi connectivity index (χ0v) is 16.1. The third-order valence-electron chi connectivity index (χ3n) is 3.74. The van der Waals surface area contributed by atoms with Gasteiger partial charge in [0.2, 0.25) is 0 Å². The number of unbranched alkanes of at least 4 members (excludes halogenated alkanes) is 9. The third kappa shape index (κ3) is 20.2. The zero-order chi connectivity index (χ0) is 16.0. The number of rotatable bonds is 15. The lowest BCUT2D eigenvalue weighted by Crippen LogP contribution is -2.14. The van der Waals surface area contributed by atoms with Crippen LogP contribution in [-0.2, 0) is 21.0 Å². The van der Waals surface area contributed by atoms with Gasteiger partial charge in [0.05, 0.1) is 12.0 Å². The average Bonchev–Trinajstić information content (AvgIpc) is 2.39. The summed E-state index contributed by atoms with van der Waals surface area (Å²) >= 11 is 0. The molecule has 0 aromatic heterocycles. The zero-order valence-electron chi connectivity index (χ0n) is 14.4. The normalized spacial score (nSPS) is 12.9. The molecule has 0 heterocycles. The van der Waals surface area contributed by atoms with Crippen molar-refractivity contribution >= 4 is 21.0 Å². The van der Waals surface area contributed by atoms with Crippen molar-refractivity contribution in [1.29, 1.82) is 0 Å². The van der Waals surface area contributed by atoms with E-state index in [1.807, 2.05) is 0 Å². The van der Waals surface area contributed by atoms with Gasteiger partial charge in [0, 0.05) is 6.42 Å². The van der Waals surface area contributed by atoms with Gasteiger partial charge in [-0.2, -0.15) is 8.42 Å². The van der Waals surface area contributed by atoms with E-state index < -0.39 is 10.1 Å². The summed E-state index contributed by atoms with van der Waals surface area (Å²) in [7, 11) is -3.45. The lowest BCUT2D eigenvalue weighted by atomic mass is 10.1. The second-order valence-electron chi connectivity index (χ2n) is 6.01. The van der Waals surface area contributed by atoms with Crippen LogP contribution in [0.4, 0.5) is 0 Å². The Morgan fingerprint density at radius 2 is 1.18 bits per heavy atom. The molecule has 2 N–H and O–H groups in total. The van der Waals surface area contributed by atoms with Crippen LogP contribution < -0.4 is 0 Å². The molecule has 0 amide bonds. The van der Waals surface area contributed by atoms with Crippen molar-refractivity contribution in [2.24, 2.45) is 0 Å². The maximum absolute atomic E-state index is 10.6. The lowest BCUT2D eigenvalue weighted by molar-refractivity contribution is 0.482. The lowest BCUT2D eigenvalue weighted by Gasteiger charge is -2.04. The van der Waals surface area contributed by atoms with Crippen LogP contribution in [0.3, 0.4) is 0 Å². The highest BCUT2D eigenvalue weighted by molar-refractivity contribution is 7.96. The molecule has 6 heteroatoms. The van der Waals surface area contributed by atoms with Crippen LogP contribution in [0.15, 0.2) is 0 Å². The first-order chi connectivity index (χ1) is 9.95. The van der Waals surface area contributed by atoms with Gasteiger partial charge >= 0.3 is 0 Å². The molecule has 0 aromatic rings. The maximum Gasteiger partial charge on any atom is 0.265 e. The molecular formula is C16H36O4S2. The topological polar surface area (TPSA) is 84.4 Å². The van der Waals surface area contributed by atoms with Gasteiger partial charge in [-0.15, -0.1) is 0 Å².